The number of para-hydroxylation sites is 1. The summed E-state index contributed by atoms with van der Waals surface area (Å²) in [6.45, 7) is 0.264. The summed E-state index contributed by atoms with van der Waals surface area (Å²) in [5.41, 5.74) is 5.36. The number of nitrogens with two attached hydrogens (primary N) is 1. The molecule has 0 spiro atoms. The van der Waals surface area contributed by atoms with Crippen molar-refractivity contribution in [2.75, 3.05) is 11.9 Å². The average molecular weight is 219 g/mol. The number of nitrogens with one attached hydrogen (secondary N) is 1. The molecule has 0 heterocycles. The number of hydrogen-bond acceptors (Lipinski definition) is 2. The second kappa shape index (κ2) is 6.34. The van der Waals surface area contributed by atoms with Gasteiger partial charge in [0.2, 0.25) is 5.91 Å². The second-order valence-corrected chi connectivity index (χ2v) is 2.57. The molecule has 0 saturated heterocycles. The summed E-state index contributed by atoms with van der Waals surface area (Å²) in [6, 6.07) is 6.01. The van der Waals surface area contributed by atoms with E-state index in [2.05, 4.69) is 5.32 Å². The predicted octanol–water partition coefficient (Wildman–Crippen LogP) is 1.53. The Hall–Kier alpha value is -1.13. The average Bonchev–Trinajstić information content (AvgIpc) is 2.09. The van der Waals surface area contributed by atoms with Crippen LogP contribution < -0.4 is 11.1 Å². The zero-order valence-corrected chi connectivity index (χ0v) is 8.31. The molecule has 14 heavy (non-hydrogen) atoms. The third-order valence-corrected chi connectivity index (χ3v) is 1.52. The Morgan fingerprint density at radius 2 is 2.07 bits per heavy atom. The Balaban J connectivity index is 0.00000169. The first-order valence-corrected chi connectivity index (χ1v) is 3.98. The standard InChI is InChI=1S/C9H11FN2O.ClH/c10-7-3-1-2-4-8(7)12-9(13)5-6-11;/h1-4H,5-6,11H2,(H,12,13);1H. The minimum atomic E-state index is -0.437. The number of rotatable bonds is 3. The van der Waals surface area contributed by atoms with E-state index < -0.39 is 5.82 Å². The first-order chi connectivity index (χ1) is 6.24. The molecule has 1 amide bonds. The smallest absolute Gasteiger partial charge is 0.225 e. The van der Waals surface area contributed by atoms with Gasteiger partial charge in [-0.2, -0.15) is 0 Å². The Morgan fingerprint density at radius 1 is 1.43 bits per heavy atom. The zero-order chi connectivity index (χ0) is 9.68. The van der Waals surface area contributed by atoms with E-state index in [4.69, 9.17) is 5.73 Å². The molecular weight excluding hydrogens is 207 g/mol. The van der Waals surface area contributed by atoms with Gasteiger partial charge in [0, 0.05) is 13.0 Å². The van der Waals surface area contributed by atoms with Gasteiger partial charge in [-0.25, -0.2) is 4.39 Å². The molecule has 0 aliphatic heterocycles. The van der Waals surface area contributed by atoms with Gasteiger partial charge >= 0.3 is 0 Å². The molecule has 1 rings (SSSR count). The highest BCUT2D eigenvalue weighted by molar-refractivity contribution is 5.90. The summed E-state index contributed by atoms with van der Waals surface area (Å²) >= 11 is 0. The number of hydrogen-bond donors (Lipinski definition) is 2. The van der Waals surface area contributed by atoms with Gasteiger partial charge in [-0.1, -0.05) is 12.1 Å². The molecule has 1 aromatic rings. The van der Waals surface area contributed by atoms with E-state index in [9.17, 15) is 9.18 Å². The van der Waals surface area contributed by atoms with Gasteiger partial charge in [0.1, 0.15) is 5.82 Å². The van der Waals surface area contributed by atoms with E-state index in [0.29, 0.717) is 0 Å². The molecule has 0 radical (unpaired) electrons. The molecule has 0 unspecified atom stereocenters. The summed E-state index contributed by atoms with van der Waals surface area (Å²) in [5, 5.41) is 2.42. The fourth-order valence-electron chi connectivity index (χ4n) is 0.906. The highest BCUT2D eigenvalue weighted by atomic mass is 35.5. The lowest BCUT2D eigenvalue weighted by Gasteiger charge is -2.04. The maximum Gasteiger partial charge on any atom is 0.225 e. The summed E-state index contributed by atoms with van der Waals surface area (Å²) in [5.74, 6) is -0.708. The van der Waals surface area contributed by atoms with Crippen LogP contribution in [0.2, 0.25) is 0 Å². The van der Waals surface area contributed by atoms with Gasteiger partial charge in [-0.3, -0.25) is 4.79 Å². The Kier molecular flexibility index (Phi) is 5.83. The molecule has 0 aliphatic rings. The van der Waals surface area contributed by atoms with E-state index in [1.165, 1.54) is 12.1 Å². The molecule has 3 N–H and O–H groups in total. The summed E-state index contributed by atoms with van der Waals surface area (Å²) < 4.78 is 12.9. The minimum Gasteiger partial charge on any atom is -0.330 e. The topological polar surface area (TPSA) is 55.1 Å². The van der Waals surface area contributed by atoms with Gasteiger partial charge in [0.05, 0.1) is 5.69 Å². The van der Waals surface area contributed by atoms with Crippen molar-refractivity contribution < 1.29 is 9.18 Å². The first-order valence-electron chi connectivity index (χ1n) is 3.98. The molecular formula is C9H12ClFN2O. The van der Waals surface area contributed by atoms with Gasteiger partial charge in [0.25, 0.3) is 0 Å². The van der Waals surface area contributed by atoms with E-state index in [1.807, 2.05) is 0 Å². The van der Waals surface area contributed by atoms with Crippen LogP contribution in [0.1, 0.15) is 6.42 Å². The lowest BCUT2D eigenvalue weighted by molar-refractivity contribution is -0.116. The monoisotopic (exact) mass is 218 g/mol. The Morgan fingerprint density at radius 3 is 2.64 bits per heavy atom. The first kappa shape index (κ1) is 12.9. The van der Waals surface area contributed by atoms with Gasteiger partial charge in [-0.05, 0) is 12.1 Å². The van der Waals surface area contributed by atoms with Crippen molar-refractivity contribution in [1.82, 2.24) is 0 Å². The number of halogens is 2. The van der Waals surface area contributed by atoms with Crippen LogP contribution in [0.15, 0.2) is 24.3 Å². The van der Waals surface area contributed by atoms with Crippen LogP contribution in [0, 0.1) is 5.82 Å². The number of amides is 1. The molecule has 0 bridgehead atoms. The summed E-state index contributed by atoms with van der Waals surface area (Å²) in [7, 11) is 0. The van der Waals surface area contributed by atoms with Crippen molar-refractivity contribution in [2.24, 2.45) is 5.73 Å². The maximum absolute atomic E-state index is 12.9. The van der Waals surface area contributed by atoms with Gasteiger partial charge in [-0.15, -0.1) is 12.4 Å². The van der Waals surface area contributed by atoms with Crippen LogP contribution in [0.5, 0.6) is 0 Å². The quantitative estimate of drug-likeness (QED) is 0.809. The van der Waals surface area contributed by atoms with Gasteiger partial charge < -0.3 is 11.1 Å². The second-order valence-electron chi connectivity index (χ2n) is 2.57. The van der Waals surface area contributed by atoms with Crippen molar-refractivity contribution in [3.8, 4) is 0 Å². The highest BCUT2D eigenvalue weighted by Gasteiger charge is 2.03. The van der Waals surface area contributed by atoms with Crippen molar-refractivity contribution in [2.45, 2.75) is 6.42 Å². The predicted molar refractivity (Wildman–Crippen MR) is 55.9 cm³/mol. The van der Waals surface area contributed by atoms with Gasteiger partial charge in [0.15, 0.2) is 0 Å². The fourth-order valence-corrected chi connectivity index (χ4v) is 0.906. The van der Waals surface area contributed by atoms with E-state index in [1.54, 1.807) is 12.1 Å². The SMILES string of the molecule is Cl.NCCC(=O)Nc1ccccc1F. The van der Waals surface area contributed by atoms with Crippen LogP contribution in [0.25, 0.3) is 0 Å². The van der Waals surface area contributed by atoms with Crippen molar-refractivity contribution in [3.05, 3.63) is 30.1 Å². The molecule has 0 fully saturated rings. The van der Waals surface area contributed by atoms with Crippen LogP contribution in [0.3, 0.4) is 0 Å². The summed E-state index contributed by atoms with van der Waals surface area (Å²) in [4.78, 5) is 11.0. The zero-order valence-electron chi connectivity index (χ0n) is 7.50. The van der Waals surface area contributed by atoms with Crippen LogP contribution in [-0.2, 0) is 4.79 Å². The number of anilines is 1. The van der Waals surface area contributed by atoms with Crippen LogP contribution >= 0.6 is 12.4 Å². The Labute approximate surface area is 87.9 Å². The fraction of sp³-hybridized carbons (Fsp3) is 0.222. The van der Waals surface area contributed by atoms with E-state index in [-0.39, 0.29) is 37.0 Å². The third-order valence-electron chi connectivity index (χ3n) is 1.52. The van der Waals surface area contributed by atoms with Crippen molar-refractivity contribution in [3.63, 3.8) is 0 Å². The van der Waals surface area contributed by atoms with Crippen LogP contribution in [0.4, 0.5) is 10.1 Å². The maximum atomic E-state index is 12.9. The van der Waals surface area contributed by atoms with E-state index >= 15 is 0 Å². The highest BCUT2D eigenvalue weighted by Crippen LogP contribution is 2.12. The third kappa shape index (κ3) is 3.72. The number of carbonyl (C=O) groups is 1. The number of benzene rings is 1. The largest absolute Gasteiger partial charge is 0.330 e. The lowest BCUT2D eigenvalue weighted by Crippen LogP contribution is -2.16. The van der Waals surface area contributed by atoms with Crippen molar-refractivity contribution in [1.29, 1.82) is 0 Å². The molecule has 78 valence electrons. The molecule has 0 atom stereocenters. The normalized spacial score (nSPS) is 9.00. The minimum absolute atomic E-state index is 0. The molecule has 0 aliphatic carbocycles. The molecule has 5 heteroatoms. The lowest BCUT2D eigenvalue weighted by atomic mass is 10.3. The summed E-state index contributed by atoms with van der Waals surface area (Å²) in [6.07, 6.45) is 0.203. The molecule has 3 nitrogen and oxygen atoms in total. The number of carbonyl (C=O) groups excluding carboxylic acids is 1. The van der Waals surface area contributed by atoms with E-state index in [0.717, 1.165) is 0 Å². The van der Waals surface area contributed by atoms with Crippen LogP contribution in [-0.4, -0.2) is 12.5 Å². The van der Waals surface area contributed by atoms with Crippen molar-refractivity contribution >= 4 is 24.0 Å². The molecule has 0 aromatic heterocycles. The Bertz CT molecular complexity index is 307. The molecule has 1 aromatic carbocycles. The molecule has 0 saturated carbocycles.